The zero-order valence-corrected chi connectivity index (χ0v) is 30.3. The summed E-state index contributed by atoms with van der Waals surface area (Å²) >= 11 is 0. The predicted octanol–water partition coefficient (Wildman–Crippen LogP) is 5.20. The molecule has 45 heavy (non-hydrogen) atoms. The molecular weight excluding hydrogens is 805 g/mol. The first-order valence-electron chi connectivity index (χ1n) is 15.4. The Kier molecular flexibility index (Phi) is 20.4. The number of carboxylic acid groups (broad SMARTS) is 1. The van der Waals surface area contributed by atoms with Crippen LogP contribution in [0.4, 0.5) is 0 Å². The van der Waals surface area contributed by atoms with Crippen molar-refractivity contribution >= 4 is 26.3 Å². The van der Waals surface area contributed by atoms with E-state index in [1.54, 1.807) is 13.0 Å². The number of carbonyl (C=O) groups is 3. The first kappa shape index (κ1) is 39.7. The molecule has 0 saturated carbocycles. The number of aryl methyl sites for hydroxylation is 2. The van der Waals surface area contributed by atoms with Crippen LogP contribution in [0.2, 0.25) is 0 Å². The van der Waals surface area contributed by atoms with Gasteiger partial charge in [0.15, 0.2) is 0 Å². The van der Waals surface area contributed by atoms with Gasteiger partial charge in [0.05, 0.1) is 18.1 Å². The van der Waals surface area contributed by atoms with Gasteiger partial charge >= 0.3 is 24.5 Å². The van der Waals surface area contributed by atoms with E-state index in [1.165, 1.54) is 36.0 Å². The molecule has 0 saturated heterocycles. The molecule has 2 heterocycles. The van der Waals surface area contributed by atoms with Gasteiger partial charge in [0.2, 0.25) is 5.70 Å². The normalized spacial score (nSPS) is 14.1. The molecule has 3 aliphatic carbocycles. The van der Waals surface area contributed by atoms with Gasteiger partial charge in [-0.1, -0.05) is 0 Å². The zero-order valence-electron chi connectivity index (χ0n) is 27.1. The van der Waals surface area contributed by atoms with Crippen LogP contribution in [0, 0.1) is 47.8 Å². The fraction of sp³-hybridized carbons (Fsp3) is 0.548. The van der Waals surface area contributed by atoms with E-state index in [9.17, 15) is 24.5 Å². The van der Waals surface area contributed by atoms with Crippen molar-refractivity contribution in [3.05, 3.63) is 79.3 Å². The van der Waals surface area contributed by atoms with E-state index in [2.05, 4.69) is 27.9 Å². The number of aromatic nitrogens is 2. The fourth-order valence-electron chi connectivity index (χ4n) is 5.07. The molecule has 2 aromatic rings. The van der Waals surface area contributed by atoms with Crippen molar-refractivity contribution in [2.75, 3.05) is 19.8 Å². The summed E-state index contributed by atoms with van der Waals surface area (Å²) in [7, 11) is 3.75. The zero-order chi connectivity index (χ0) is 33.6. The van der Waals surface area contributed by atoms with Crippen molar-refractivity contribution in [3.8, 4) is 0 Å². The number of nitrogens with one attached hydrogen (secondary N) is 2. The molecule has 242 valence electrons. The van der Waals surface area contributed by atoms with E-state index < -0.39 is 11.9 Å². The molecule has 2 aromatic heterocycles. The van der Waals surface area contributed by atoms with Gasteiger partial charge < -0.3 is 29.4 Å². The van der Waals surface area contributed by atoms with Gasteiger partial charge in [-0.15, -0.1) is 0 Å². The average Bonchev–Trinajstić information content (AvgIpc) is 3.69. The molecule has 0 aliphatic heterocycles. The predicted molar refractivity (Wildman–Crippen MR) is 167 cm³/mol. The summed E-state index contributed by atoms with van der Waals surface area (Å²) in [5.41, 5.74) is 6.15. The standard InChI is InChI=1S/C11H15NO2.C9H11NO2.C6H9NO2.C5H7NO2.BH.U/c1-2-14-11(13)10-9-6-4-3-5-8(9)7-12-10;11-9(12)8-7-4-2-1-3-6(7)5-10-8;8-7(9)6-4-2-1-3-5-6;1-3-8-5(7)4-6-2;;/h7,12H,2-6H2,1H3;5,10H,1-4H2,(H,11,12);4H,1-3,5H2;3-4H2,1H3;1H;/i;;;;1D;. The maximum Gasteiger partial charge on any atom is 0.387 e. The van der Waals surface area contributed by atoms with Gasteiger partial charge in [-0.25, -0.2) is 21.0 Å². The number of carboxylic acids is 1. The third-order valence-corrected chi connectivity index (χ3v) is 7.11. The second-order valence-corrected chi connectivity index (χ2v) is 10.1. The monoisotopic (exact) mass is 849 g/mol. The first-order chi connectivity index (χ1) is 21.7. The van der Waals surface area contributed by atoms with Crippen molar-refractivity contribution in [2.45, 2.75) is 90.9 Å². The molecule has 0 atom stereocenters. The van der Waals surface area contributed by atoms with Crippen LogP contribution in [0.15, 0.2) is 24.2 Å². The van der Waals surface area contributed by atoms with E-state index in [1.807, 2.05) is 19.3 Å². The quantitative estimate of drug-likeness (QED) is 0.117. The van der Waals surface area contributed by atoms with Crippen LogP contribution < -0.4 is 0 Å². The van der Waals surface area contributed by atoms with Gasteiger partial charge in [-0.2, -0.15) is 0 Å². The third-order valence-electron chi connectivity index (χ3n) is 7.11. The largest absolute Gasteiger partial charge is 0.477 e. The van der Waals surface area contributed by atoms with Crippen molar-refractivity contribution in [2.24, 2.45) is 0 Å². The third kappa shape index (κ3) is 14.1. The van der Waals surface area contributed by atoms with E-state index in [-0.39, 0.29) is 48.6 Å². The summed E-state index contributed by atoms with van der Waals surface area (Å²) in [6.45, 7) is 10.4. The number of carbonyl (C=O) groups excluding carboxylic acids is 2. The van der Waals surface area contributed by atoms with Crippen LogP contribution >= 0.6 is 0 Å². The Hall–Kier alpha value is -3.28. The molecule has 14 heteroatoms. The maximum atomic E-state index is 11.5. The summed E-state index contributed by atoms with van der Waals surface area (Å²) in [5, 5.41) is 18.9. The SMILES string of the molecule is CCOC(=O)c1[nH]cc2c1CCCC2.O=C(O)c1[nH]cc2c1CCCC2.O=[N+]([O-])C1=CCCCC1.[2H][B].[C-]#[N+]CC(=O)OCC.[U]. The first-order valence-corrected chi connectivity index (χ1v) is 14.8. The van der Waals surface area contributed by atoms with Gasteiger partial charge in [-0.3, -0.25) is 10.1 Å². The summed E-state index contributed by atoms with van der Waals surface area (Å²) < 4.78 is 14.7. The number of allylic oxidation sites excluding steroid dienone is 2. The summed E-state index contributed by atoms with van der Waals surface area (Å²) in [6.07, 6.45) is 17.9. The van der Waals surface area contributed by atoms with Crippen LogP contribution in [0.1, 0.15) is 108 Å². The van der Waals surface area contributed by atoms with Crippen molar-refractivity contribution in [1.29, 1.82) is 1.34 Å². The van der Waals surface area contributed by atoms with E-state index in [0.717, 1.165) is 56.9 Å². The molecule has 2 radical (unpaired) electrons. The van der Waals surface area contributed by atoms with E-state index in [4.69, 9.17) is 17.8 Å². The number of nitro groups is 1. The van der Waals surface area contributed by atoms with E-state index in [0.29, 0.717) is 36.7 Å². The molecule has 0 fully saturated rings. The van der Waals surface area contributed by atoms with E-state index >= 15 is 0 Å². The van der Waals surface area contributed by atoms with Crippen molar-refractivity contribution < 1.29 is 65.0 Å². The number of fused-ring (bicyclic) bond motifs is 2. The number of hydrogen-bond acceptors (Lipinski definition) is 7. The number of hydrogen-bond donors (Lipinski definition) is 3. The van der Waals surface area contributed by atoms with Crippen LogP contribution in [0.3, 0.4) is 0 Å². The fourth-order valence-corrected chi connectivity index (χ4v) is 5.07. The maximum absolute atomic E-state index is 11.5. The Morgan fingerprint density at radius 1 is 0.933 bits per heavy atom. The molecule has 12 nitrogen and oxygen atoms in total. The minimum Gasteiger partial charge on any atom is -0.477 e. The second-order valence-electron chi connectivity index (χ2n) is 10.1. The molecule has 0 amide bonds. The molecule has 0 spiro atoms. The van der Waals surface area contributed by atoms with Gasteiger partial charge in [0.25, 0.3) is 0 Å². The van der Waals surface area contributed by atoms with Crippen LogP contribution in [-0.4, -0.2) is 67.4 Å². The average molecular weight is 850 g/mol. The summed E-state index contributed by atoms with van der Waals surface area (Å²) in [6, 6.07) is 0. The number of aromatic amines is 2. The van der Waals surface area contributed by atoms with Gasteiger partial charge in [-0.05, 0) is 114 Å². The van der Waals surface area contributed by atoms with Gasteiger partial charge in [0, 0.05) is 58.3 Å². The topological polar surface area (TPSA) is 169 Å². The number of ether oxygens (including phenoxy) is 2. The van der Waals surface area contributed by atoms with Crippen LogP contribution in [-0.2, 0) is 40.0 Å². The van der Waals surface area contributed by atoms with Crippen LogP contribution in [0.5, 0.6) is 0 Å². The number of nitrogens with zero attached hydrogens (tertiary/aromatic N) is 2. The minimum atomic E-state index is -0.835. The molecular formula is C31H43BN4O8U. The molecule has 3 N–H and O–H groups in total. The summed E-state index contributed by atoms with van der Waals surface area (Å²) in [5.74, 6) is -1.49. The van der Waals surface area contributed by atoms with Crippen molar-refractivity contribution in [1.82, 2.24) is 9.97 Å². The number of rotatable bonds is 6. The molecule has 0 bridgehead atoms. The Bertz CT molecular complexity index is 1320. The number of aromatic carboxylic acids is 1. The molecule has 0 unspecified atom stereocenters. The molecule has 0 aromatic carbocycles. The molecule has 5 rings (SSSR count). The second kappa shape index (κ2) is 23.1. The van der Waals surface area contributed by atoms with Crippen LogP contribution in [0.25, 0.3) is 4.85 Å². The number of H-pyrrole nitrogens is 2. The molecule has 3 aliphatic rings. The Balaban J connectivity index is 0.000000586. The Morgan fingerprint density at radius 3 is 1.89 bits per heavy atom. The Morgan fingerprint density at radius 2 is 1.44 bits per heavy atom. The number of esters is 2. The summed E-state index contributed by atoms with van der Waals surface area (Å²) in [4.78, 5) is 50.9. The smallest absolute Gasteiger partial charge is 0.387 e. The van der Waals surface area contributed by atoms with Gasteiger partial charge in [0.1, 0.15) is 11.4 Å². The van der Waals surface area contributed by atoms with Crippen molar-refractivity contribution in [3.63, 3.8) is 0 Å². The minimum absolute atomic E-state index is 0. The Labute approximate surface area is 291 Å².